The zero-order chi connectivity index (χ0) is 21.1. The van der Waals surface area contributed by atoms with Gasteiger partial charge in [0.05, 0.1) is 11.9 Å². The number of carbonyl (C=O) groups is 1. The number of benzene rings is 2. The molecule has 0 aliphatic heterocycles. The van der Waals surface area contributed by atoms with Gasteiger partial charge in [0, 0.05) is 17.3 Å². The molecule has 1 aliphatic carbocycles. The van der Waals surface area contributed by atoms with Crippen LogP contribution in [0.5, 0.6) is 0 Å². The molecule has 0 spiro atoms. The van der Waals surface area contributed by atoms with Gasteiger partial charge in [-0.25, -0.2) is 0 Å². The highest BCUT2D eigenvalue weighted by Gasteiger charge is 2.24. The van der Waals surface area contributed by atoms with Gasteiger partial charge >= 0.3 is 0 Å². The molecule has 1 amide bonds. The first-order chi connectivity index (χ1) is 14.6. The molecule has 1 aliphatic rings. The van der Waals surface area contributed by atoms with Crippen molar-refractivity contribution in [3.8, 4) is 0 Å². The van der Waals surface area contributed by atoms with E-state index in [4.69, 9.17) is 4.42 Å². The third-order valence-corrected chi connectivity index (χ3v) is 5.61. The number of hydrogen-bond acceptors (Lipinski definition) is 4. The van der Waals surface area contributed by atoms with Crippen molar-refractivity contribution in [2.75, 3.05) is 25.0 Å². The Balaban J connectivity index is 1.66. The maximum Gasteiger partial charge on any atom is 0.238 e. The number of hydrogen-bond donors (Lipinski definition) is 1. The maximum atomic E-state index is 13.0. The first-order valence-electron chi connectivity index (χ1n) is 10.5. The predicted octanol–water partition coefficient (Wildman–Crippen LogP) is 4.56. The van der Waals surface area contributed by atoms with Gasteiger partial charge in [0.2, 0.25) is 5.91 Å². The van der Waals surface area contributed by atoms with Crippen LogP contribution < -0.4 is 10.7 Å². The Hall–Kier alpha value is -3.18. The average Bonchev–Trinajstić information content (AvgIpc) is 3.15. The molecule has 0 atom stereocenters. The van der Waals surface area contributed by atoms with Crippen LogP contribution in [-0.4, -0.2) is 30.4 Å². The molecule has 0 saturated heterocycles. The van der Waals surface area contributed by atoms with Crippen molar-refractivity contribution >= 4 is 34.2 Å². The second-order valence-electron chi connectivity index (χ2n) is 7.54. The normalized spacial score (nSPS) is 14.4. The number of nitrogens with one attached hydrogen (secondary N) is 1. The summed E-state index contributed by atoms with van der Waals surface area (Å²) in [5.74, 6) is 0.592. The predicted molar refractivity (Wildman–Crippen MR) is 122 cm³/mol. The lowest BCUT2D eigenvalue weighted by Gasteiger charge is -2.17. The fraction of sp³-hybridized carbons (Fsp3) is 0.280. The van der Waals surface area contributed by atoms with Gasteiger partial charge in [-0.05, 0) is 55.3 Å². The summed E-state index contributed by atoms with van der Waals surface area (Å²) in [5.41, 5.74) is 4.01. The Morgan fingerprint density at radius 1 is 1.10 bits per heavy atom. The molecular weight excluding hydrogens is 376 g/mol. The molecule has 0 radical (unpaired) electrons. The van der Waals surface area contributed by atoms with E-state index in [1.807, 2.05) is 49.1 Å². The van der Waals surface area contributed by atoms with E-state index in [9.17, 15) is 9.59 Å². The number of carbonyl (C=O) groups excluding carboxylic acids is 1. The zero-order valence-electron chi connectivity index (χ0n) is 17.4. The molecule has 1 N–H and O–H groups in total. The molecule has 2 aromatic carbocycles. The summed E-state index contributed by atoms with van der Waals surface area (Å²) in [6.45, 7) is 6.03. The van der Waals surface area contributed by atoms with Crippen LogP contribution in [-0.2, 0) is 11.2 Å². The van der Waals surface area contributed by atoms with Gasteiger partial charge in [-0.15, -0.1) is 0 Å². The Labute approximate surface area is 176 Å². The summed E-state index contributed by atoms with van der Waals surface area (Å²) in [5, 5.41) is 3.47. The van der Waals surface area contributed by atoms with Crippen molar-refractivity contribution in [3.05, 3.63) is 75.6 Å². The lowest BCUT2D eigenvalue weighted by atomic mass is 10.1. The van der Waals surface area contributed by atoms with Crippen molar-refractivity contribution in [2.24, 2.45) is 0 Å². The number of rotatable bonds is 6. The summed E-state index contributed by atoms with van der Waals surface area (Å²) in [6.07, 6.45) is 3.55. The third-order valence-electron chi connectivity index (χ3n) is 5.61. The Bertz CT molecular complexity index is 1160. The van der Waals surface area contributed by atoms with E-state index in [2.05, 4.69) is 11.4 Å². The summed E-state index contributed by atoms with van der Waals surface area (Å²) in [6, 6.07) is 15.3. The highest BCUT2D eigenvalue weighted by Crippen LogP contribution is 2.34. The van der Waals surface area contributed by atoms with Crippen LogP contribution >= 0.6 is 0 Å². The molecule has 0 bridgehead atoms. The molecular formula is C25H26N2O3. The number of anilines is 1. The van der Waals surface area contributed by atoms with Gasteiger partial charge in [-0.3, -0.25) is 14.5 Å². The fourth-order valence-electron chi connectivity index (χ4n) is 3.91. The van der Waals surface area contributed by atoms with E-state index in [0.717, 1.165) is 36.2 Å². The summed E-state index contributed by atoms with van der Waals surface area (Å²) in [4.78, 5) is 27.4. The molecule has 3 aromatic rings. The van der Waals surface area contributed by atoms with E-state index in [1.165, 1.54) is 0 Å². The van der Waals surface area contributed by atoms with Gasteiger partial charge in [-0.2, -0.15) is 0 Å². The molecule has 1 aromatic heterocycles. The minimum atomic E-state index is -0.0776. The van der Waals surface area contributed by atoms with Gasteiger partial charge in [-0.1, -0.05) is 44.2 Å². The van der Waals surface area contributed by atoms with Crippen molar-refractivity contribution in [3.63, 3.8) is 0 Å². The summed E-state index contributed by atoms with van der Waals surface area (Å²) in [7, 11) is 0. The minimum Gasteiger partial charge on any atom is -0.456 e. The first kappa shape index (κ1) is 20.1. The summed E-state index contributed by atoms with van der Waals surface area (Å²) < 4.78 is 6.19. The van der Waals surface area contributed by atoms with E-state index < -0.39 is 0 Å². The molecule has 5 nitrogen and oxygen atoms in total. The smallest absolute Gasteiger partial charge is 0.238 e. The quantitative estimate of drug-likeness (QED) is 0.657. The van der Waals surface area contributed by atoms with Crippen molar-refractivity contribution in [2.45, 2.75) is 26.7 Å². The number of allylic oxidation sites excluding steroid dienone is 1. The minimum absolute atomic E-state index is 0.0173. The topological polar surface area (TPSA) is 62.6 Å². The van der Waals surface area contributed by atoms with Gasteiger partial charge in [0.15, 0.2) is 5.43 Å². The second-order valence-corrected chi connectivity index (χ2v) is 7.54. The lowest BCUT2D eigenvalue weighted by molar-refractivity contribution is -0.117. The molecule has 1 heterocycles. The van der Waals surface area contributed by atoms with Crippen LogP contribution in [0.4, 0.5) is 5.69 Å². The standard InChI is InChI=1S/C25H26N2O3/c1-3-27(4-2)16-23(28)26-19-11-13-20-22(15-19)30-25-18(10-12-21(25)24(20)29)14-17-8-6-5-7-9-17/h5-9,11,13-15H,3-4,10,12,16H2,1-2H3,(H,26,28). The lowest BCUT2D eigenvalue weighted by Crippen LogP contribution is -2.32. The third kappa shape index (κ3) is 4.07. The van der Waals surface area contributed by atoms with Crippen LogP contribution in [0.2, 0.25) is 0 Å². The van der Waals surface area contributed by atoms with Gasteiger partial charge < -0.3 is 9.73 Å². The number of amides is 1. The molecule has 0 saturated carbocycles. The Kier molecular flexibility index (Phi) is 5.81. The van der Waals surface area contributed by atoms with Crippen LogP contribution in [0.15, 0.2) is 57.7 Å². The van der Waals surface area contributed by atoms with E-state index in [-0.39, 0.29) is 11.3 Å². The fourth-order valence-corrected chi connectivity index (χ4v) is 3.91. The maximum absolute atomic E-state index is 13.0. The van der Waals surface area contributed by atoms with Gasteiger partial charge in [0.25, 0.3) is 0 Å². The van der Waals surface area contributed by atoms with Crippen LogP contribution in [0.25, 0.3) is 22.6 Å². The summed E-state index contributed by atoms with van der Waals surface area (Å²) >= 11 is 0. The van der Waals surface area contributed by atoms with Crippen LogP contribution in [0, 0.1) is 0 Å². The molecule has 5 heteroatoms. The van der Waals surface area contributed by atoms with E-state index >= 15 is 0 Å². The molecule has 30 heavy (non-hydrogen) atoms. The van der Waals surface area contributed by atoms with Crippen molar-refractivity contribution in [1.29, 1.82) is 0 Å². The largest absolute Gasteiger partial charge is 0.456 e. The monoisotopic (exact) mass is 402 g/mol. The Morgan fingerprint density at radius 2 is 1.87 bits per heavy atom. The highest BCUT2D eigenvalue weighted by molar-refractivity contribution is 5.95. The molecule has 0 unspecified atom stereocenters. The van der Waals surface area contributed by atoms with Crippen molar-refractivity contribution in [1.82, 2.24) is 4.90 Å². The second kappa shape index (κ2) is 8.67. The number of fused-ring (bicyclic) bond motifs is 2. The highest BCUT2D eigenvalue weighted by atomic mass is 16.3. The Morgan fingerprint density at radius 3 is 2.60 bits per heavy atom. The van der Waals surface area contributed by atoms with E-state index in [1.54, 1.807) is 18.2 Å². The average molecular weight is 402 g/mol. The first-order valence-corrected chi connectivity index (χ1v) is 10.5. The van der Waals surface area contributed by atoms with Crippen LogP contribution in [0.3, 0.4) is 0 Å². The number of likely N-dealkylation sites (N-methyl/N-ethyl adjacent to an activating group) is 1. The SMILES string of the molecule is CCN(CC)CC(=O)Nc1ccc2c(=O)c3c(oc2c1)C(=Cc1ccccc1)CC3. The molecule has 154 valence electrons. The van der Waals surface area contributed by atoms with Gasteiger partial charge in [0.1, 0.15) is 11.3 Å². The van der Waals surface area contributed by atoms with E-state index in [0.29, 0.717) is 35.4 Å². The number of nitrogens with zero attached hydrogens (tertiary/aromatic N) is 1. The van der Waals surface area contributed by atoms with Crippen molar-refractivity contribution < 1.29 is 9.21 Å². The molecule has 4 rings (SSSR count). The zero-order valence-corrected chi connectivity index (χ0v) is 17.4. The van der Waals surface area contributed by atoms with Crippen LogP contribution in [0.1, 0.15) is 37.2 Å². The molecule has 0 fully saturated rings.